The highest BCUT2D eigenvalue weighted by Gasteiger charge is 2.20. The minimum absolute atomic E-state index is 0.00179. The smallest absolute Gasteiger partial charge is 0.256 e. The molecular formula is C16H23N3O3. The highest BCUT2D eigenvalue weighted by Crippen LogP contribution is 2.22. The molecule has 0 aliphatic carbocycles. The molecule has 0 aliphatic rings. The molecule has 0 radical (unpaired) electrons. The van der Waals surface area contributed by atoms with Crippen molar-refractivity contribution in [2.45, 2.75) is 26.9 Å². The lowest BCUT2D eigenvalue weighted by atomic mass is 10.00. The van der Waals surface area contributed by atoms with Crippen molar-refractivity contribution >= 4 is 11.6 Å². The lowest BCUT2D eigenvalue weighted by molar-refractivity contribution is -0.114. The fourth-order valence-corrected chi connectivity index (χ4v) is 2.01. The van der Waals surface area contributed by atoms with Crippen LogP contribution in [-0.4, -0.2) is 31.9 Å². The van der Waals surface area contributed by atoms with Gasteiger partial charge in [-0.25, -0.2) is 0 Å². The van der Waals surface area contributed by atoms with Crippen LogP contribution in [0.5, 0.6) is 5.75 Å². The first-order valence-corrected chi connectivity index (χ1v) is 6.94. The maximum Gasteiger partial charge on any atom is 0.256 e. The van der Waals surface area contributed by atoms with Crippen LogP contribution in [0, 0.1) is 12.3 Å². The van der Waals surface area contributed by atoms with E-state index in [1.165, 1.54) is 7.11 Å². The van der Waals surface area contributed by atoms with Gasteiger partial charge in [-0.15, -0.1) is 0 Å². The molecule has 22 heavy (non-hydrogen) atoms. The Balaban J connectivity index is 3.24. The highest BCUT2D eigenvalue weighted by atomic mass is 16.5. The van der Waals surface area contributed by atoms with E-state index in [9.17, 15) is 4.79 Å². The van der Waals surface area contributed by atoms with E-state index >= 15 is 0 Å². The zero-order valence-electron chi connectivity index (χ0n) is 13.6. The van der Waals surface area contributed by atoms with Gasteiger partial charge in [-0.1, -0.05) is 0 Å². The summed E-state index contributed by atoms with van der Waals surface area (Å²) < 4.78 is 10.7. The van der Waals surface area contributed by atoms with Crippen molar-refractivity contribution in [3.05, 3.63) is 40.8 Å². The van der Waals surface area contributed by atoms with E-state index in [2.05, 4.69) is 5.32 Å². The molecule has 0 bridgehead atoms. The Bertz CT molecular complexity index is 601. The molecule has 6 heteroatoms. The maximum atomic E-state index is 11.6. The quantitative estimate of drug-likeness (QED) is 0.406. The van der Waals surface area contributed by atoms with Crippen LogP contribution in [0.3, 0.4) is 0 Å². The lowest BCUT2D eigenvalue weighted by Gasteiger charge is -2.15. The molecule has 1 aromatic carbocycles. The molecule has 0 atom stereocenters. The third kappa shape index (κ3) is 4.00. The van der Waals surface area contributed by atoms with Gasteiger partial charge in [0.1, 0.15) is 11.3 Å². The summed E-state index contributed by atoms with van der Waals surface area (Å²) in [6.07, 6.45) is 0.0643. The van der Waals surface area contributed by atoms with E-state index in [1.807, 2.05) is 20.8 Å². The number of nitrogens with two attached hydrogens (primary N) is 1. The maximum absolute atomic E-state index is 11.6. The molecule has 0 aromatic heterocycles. The van der Waals surface area contributed by atoms with Crippen molar-refractivity contribution in [3.8, 4) is 5.75 Å². The fraction of sp³-hybridized carbons (Fsp3) is 0.375. The van der Waals surface area contributed by atoms with Crippen LogP contribution in [0.25, 0.3) is 0 Å². The van der Waals surface area contributed by atoms with Crippen LogP contribution < -0.4 is 15.8 Å². The van der Waals surface area contributed by atoms with E-state index in [-0.39, 0.29) is 23.3 Å². The summed E-state index contributed by atoms with van der Waals surface area (Å²) in [6.45, 7) is 5.78. The Labute approximate surface area is 130 Å². The lowest BCUT2D eigenvalue weighted by Crippen LogP contribution is -2.27. The SMILES string of the molecule is CN/C(OC)=C(\C(=N)c1ccc(OC(C)C)c(C)c1)C(N)=O. The highest BCUT2D eigenvalue weighted by molar-refractivity contribution is 6.26. The zero-order valence-corrected chi connectivity index (χ0v) is 13.6. The second-order valence-corrected chi connectivity index (χ2v) is 5.04. The van der Waals surface area contributed by atoms with Crippen molar-refractivity contribution in [2.75, 3.05) is 14.2 Å². The summed E-state index contributed by atoms with van der Waals surface area (Å²) in [6, 6.07) is 5.29. The Morgan fingerprint density at radius 3 is 2.41 bits per heavy atom. The van der Waals surface area contributed by atoms with Crippen molar-refractivity contribution in [1.29, 1.82) is 5.41 Å². The van der Waals surface area contributed by atoms with Gasteiger partial charge in [-0.05, 0) is 44.5 Å². The van der Waals surface area contributed by atoms with E-state index in [1.54, 1.807) is 25.2 Å². The number of carbonyl (C=O) groups is 1. The van der Waals surface area contributed by atoms with E-state index < -0.39 is 5.91 Å². The van der Waals surface area contributed by atoms with Crippen LogP contribution in [0.15, 0.2) is 29.7 Å². The molecule has 1 aromatic rings. The standard InChI is InChI=1S/C16H23N3O3/c1-9(2)22-12-7-6-11(8-10(12)3)14(17)13(15(18)20)16(19-4)21-5/h6-9,17,19H,1-5H3,(H2,18,20)/b16-13-,17-14?. The normalized spacial score (nSPS) is 11.7. The number of hydrogen-bond acceptors (Lipinski definition) is 5. The number of rotatable bonds is 7. The molecule has 1 amide bonds. The Hall–Kier alpha value is -2.50. The molecule has 6 nitrogen and oxygen atoms in total. The second kappa shape index (κ2) is 7.49. The minimum Gasteiger partial charge on any atom is -0.491 e. The summed E-state index contributed by atoms with van der Waals surface area (Å²) >= 11 is 0. The number of ether oxygens (including phenoxy) is 2. The third-order valence-electron chi connectivity index (χ3n) is 2.98. The fourth-order valence-electron chi connectivity index (χ4n) is 2.01. The molecule has 0 saturated carbocycles. The van der Waals surface area contributed by atoms with E-state index in [4.69, 9.17) is 20.6 Å². The molecule has 0 spiro atoms. The van der Waals surface area contributed by atoms with Gasteiger partial charge in [0.2, 0.25) is 5.88 Å². The largest absolute Gasteiger partial charge is 0.491 e. The second-order valence-electron chi connectivity index (χ2n) is 5.04. The topological polar surface area (TPSA) is 97.4 Å². The first-order chi connectivity index (χ1) is 10.3. The summed E-state index contributed by atoms with van der Waals surface area (Å²) in [5.74, 6) is 0.186. The van der Waals surface area contributed by atoms with E-state index in [0.29, 0.717) is 5.56 Å². The van der Waals surface area contributed by atoms with Crippen LogP contribution >= 0.6 is 0 Å². The van der Waals surface area contributed by atoms with Crippen LogP contribution in [0.1, 0.15) is 25.0 Å². The molecule has 120 valence electrons. The van der Waals surface area contributed by atoms with Crippen molar-refractivity contribution in [2.24, 2.45) is 5.73 Å². The molecule has 4 N–H and O–H groups in total. The van der Waals surface area contributed by atoms with Crippen LogP contribution in [0.2, 0.25) is 0 Å². The van der Waals surface area contributed by atoms with Gasteiger partial charge < -0.3 is 20.5 Å². The number of aryl methyl sites for hydroxylation is 1. The average molecular weight is 305 g/mol. The van der Waals surface area contributed by atoms with Gasteiger partial charge in [0.15, 0.2) is 0 Å². The molecule has 0 heterocycles. The Morgan fingerprint density at radius 1 is 1.36 bits per heavy atom. The molecule has 1 rings (SSSR count). The van der Waals surface area contributed by atoms with Crippen LogP contribution in [-0.2, 0) is 9.53 Å². The molecular weight excluding hydrogens is 282 g/mol. The van der Waals surface area contributed by atoms with Gasteiger partial charge in [0.25, 0.3) is 5.91 Å². The Kier molecular flexibility index (Phi) is 5.98. The van der Waals surface area contributed by atoms with Gasteiger partial charge >= 0.3 is 0 Å². The Morgan fingerprint density at radius 2 is 2.00 bits per heavy atom. The van der Waals surface area contributed by atoms with Crippen molar-refractivity contribution < 1.29 is 14.3 Å². The molecule has 0 fully saturated rings. The average Bonchev–Trinajstić information content (AvgIpc) is 2.45. The summed E-state index contributed by atoms with van der Waals surface area (Å²) in [7, 11) is 3.01. The number of amides is 1. The van der Waals surface area contributed by atoms with Gasteiger partial charge in [-0.2, -0.15) is 0 Å². The van der Waals surface area contributed by atoms with Gasteiger partial charge in [-0.3, -0.25) is 10.2 Å². The van der Waals surface area contributed by atoms with Gasteiger partial charge in [0, 0.05) is 12.6 Å². The summed E-state index contributed by atoms with van der Waals surface area (Å²) in [5.41, 5.74) is 6.82. The third-order valence-corrected chi connectivity index (χ3v) is 2.98. The predicted octanol–water partition coefficient (Wildman–Crippen LogP) is 1.71. The number of hydrogen-bond donors (Lipinski definition) is 3. The first kappa shape index (κ1) is 17.6. The number of carbonyl (C=O) groups excluding carboxylic acids is 1. The molecule has 0 unspecified atom stereocenters. The number of nitrogens with one attached hydrogen (secondary N) is 2. The van der Waals surface area contributed by atoms with Gasteiger partial charge in [0.05, 0.1) is 18.9 Å². The molecule has 0 saturated heterocycles. The predicted molar refractivity (Wildman–Crippen MR) is 86.1 cm³/mol. The van der Waals surface area contributed by atoms with Crippen molar-refractivity contribution in [3.63, 3.8) is 0 Å². The first-order valence-electron chi connectivity index (χ1n) is 6.94. The monoisotopic (exact) mass is 305 g/mol. The molecule has 0 aliphatic heterocycles. The number of primary amides is 1. The summed E-state index contributed by atoms with van der Waals surface area (Å²) in [4.78, 5) is 11.6. The van der Waals surface area contributed by atoms with Crippen LogP contribution in [0.4, 0.5) is 0 Å². The van der Waals surface area contributed by atoms with Crippen molar-refractivity contribution in [1.82, 2.24) is 5.32 Å². The number of benzene rings is 1. The minimum atomic E-state index is -0.726. The zero-order chi connectivity index (χ0) is 16.9. The summed E-state index contributed by atoms with van der Waals surface area (Å²) in [5, 5.41) is 11.0. The van der Waals surface area contributed by atoms with E-state index in [0.717, 1.165) is 11.3 Å². The number of methoxy groups -OCH3 is 1.